The highest BCUT2D eigenvalue weighted by molar-refractivity contribution is 7.89. The molecule has 0 radical (unpaired) electrons. The summed E-state index contributed by atoms with van der Waals surface area (Å²) < 4.78 is 67.5. The summed E-state index contributed by atoms with van der Waals surface area (Å²) in [6, 6.07) is 8.23. The van der Waals surface area contributed by atoms with Crippen molar-refractivity contribution in [3.05, 3.63) is 69.1 Å². The summed E-state index contributed by atoms with van der Waals surface area (Å²) in [7, 11) is -7.93. The molecule has 32 heavy (non-hydrogen) atoms. The molecule has 2 heterocycles. The Kier molecular flexibility index (Phi) is 5.75. The lowest BCUT2D eigenvalue weighted by molar-refractivity contribution is 0.404. The van der Waals surface area contributed by atoms with Crippen LogP contribution in [0.2, 0.25) is 0 Å². The smallest absolute Gasteiger partial charge is 0.307 e. The summed E-state index contributed by atoms with van der Waals surface area (Å²) in [6.45, 7) is 0.00530. The number of nitrogens with zero attached hydrogens (tertiary/aromatic N) is 2. The lowest BCUT2D eigenvalue weighted by Gasteiger charge is -2.22. The number of sulfonamides is 2. The lowest BCUT2D eigenvalue weighted by Crippen LogP contribution is -2.37. The van der Waals surface area contributed by atoms with Crippen LogP contribution in [0.25, 0.3) is 10.9 Å². The van der Waals surface area contributed by atoms with E-state index in [-0.39, 0.29) is 53.3 Å². The van der Waals surface area contributed by atoms with Gasteiger partial charge in [0.05, 0.1) is 20.7 Å². The van der Waals surface area contributed by atoms with E-state index < -0.39 is 37.1 Å². The molecule has 0 unspecified atom stereocenters. The van der Waals surface area contributed by atoms with E-state index >= 15 is 0 Å². The van der Waals surface area contributed by atoms with Crippen LogP contribution < -0.4 is 11.2 Å². The van der Waals surface area contributed by atoms with Crippen LogP contribution in [0.3, 0.4) is 0 Å². The molecule has 0 aliphatic carbocycles. The van der Waals surface area contributed by atoms with Gasteiger partial charge in [0.15, 0.2) is 0 Å². The molecular weight excluding hydrogens is 463 g/mol. The molecule has 1 fully saturated rings. The number of rotatable bonds is 4. The fourth-order valence-electron chi connectivity index (χ4n) is 3.56. The Morgan fingerprint density at radius 3 is 1.94 bits per heavy atom. The van der Waals surface area contributed by atoms with Crippen molar-refractivity contribution in [3.8, 4) is 0 Å². The SMILES string of the molecule is O=c1[nH]c(=O)c2cc(S(=O)(=O)N3CCCN(S(=O)(=O)c4ccc(F)cc4)CC3)ccc2[nH]1. The van der Waals surface area contributed by atoms with E-state index in [1.165, 1.54) is 34.6 Å². The number of benzene rings is 2. The normalized spacial score (nSPS) is 16.8. The highest BCUT2D eigenvalue weighted by Crippen LogP contribution is 2.23. The van der Waals surface area contributed by atoms with Crippen LogP contribution in [0, 0.1) is 5.82 Å². The summed E-state index contributed by atoms with van der Waals surface area (Å²) >= 11 is 0. The fraction of sp³-hybridized carbons (Fsp3) is 0.263. The molecule has 0 spiro atoms. The van der Waals surface area contributed by atoms with Gasteiger partial charge in [-0.05, 0) is 48.9 Å². The first kappa shape index (κ1) is 22.3. The van der Waals surface area contributed by atoms with Gasteiger partial charge in [-0.15, -0.1) is 0 Å². The number of hydrogen-bond acceptors (Lipinski definition) is 6. The molecule has 2 N–H and O–H groups in total. The van der Waals surface area contributed by atoms with Crippen molar-refractivity contribution in [1.29, 1.82) is 0 Å². The molecule has 170 valence electrons. The second-order valence-corrected chi connectivity index (χ2v) is 11.1. The van der Waals surface area contributed by atoms with Crippen LogP contribution >= 0.6 is 0 Å². The first-order valence-electron chi connectivity index (χ1n) is 9.61. The average Bonchev–Trinajstić information content (AvgIpc) is 3.01. The maximum atomic E-state index is 13.2. The van der Waals surface area contributed by atoms with Crippen molar-refractivity contribution in [1.82, 2.24) is 18.6 Å². The van der Waals surface area contributed by atoms with Crippen molar-refractivity contribution >= 4 is 30.9 Å². The van der Waals surface area contributed by atoms with E-state index in [1.807, 2.05) is 0 Å². The Bertz CT molecular complexity index is 1500. The van der Waals surface area contributed by atoms with Crippen molar-refractivity contribution in [3.63, 3.8) is 0 Å². The highest BCUT2D eigenvalue weighted by Gasteiger charge is 2.32. The van der Waals surface area contributed by atoms with Crippen molar-refractivity contribution < 1.29 is 21.2 Å². The first-order valence-corrected chi connectivity index (χ1v) is 12.5. The van der Waals surface area contributed by atoms with Gasteiger partial charge in [0, 0.05) is 26.2 Å². The number of hydrogen-bond donors (Lipinski definition) is 2. The van der Waals surface area contributed by atoms with Gasteiger partial charge >= 0.3 is 5.69 Å². The predicted octanol–water partition coefficient (Wildman–Crippen LogP) is 0.441. The molecule has 0 amide bonds. The summed E-state index contributed by atoms with van der Waals surface area (Å²) in [5.41, 5.74) is -1.22. The van der Waals surface area contributed by atoms with Crippen LogP contribution in [0.15, 0.2) is 61.8 Å². The molecule has 0 bridgehead atoms. The van der Waals surface area contributed by atoms with Gasteiger partial charge in [-0.3, -0.25) is 9.78 Å². The summed E-state index contributed by atoms with van der Waals surface area (Å²) in [6.07, 6.45) is 0.251. The van der Waals surface area contributed by atoms with Crippen LogP contribution in [-0.2, 0) is 20.0 Å². The van der Waals surface area contributed by atoms with E-state index in [2.05, 4.69) is 9.97 Å². The minimum atomic E-state index is -4.03. The van der Waals surface area contributed by atoms with Gasteiger partial charge in [-0.2, -0.15) is 8.61 Å². The van der Waals surface area contributed by atoms with Gasteiger partial charge in [-0.1, -0.05) is 0 Å². The molecule has 1 saturated heterocycles. The molecule has 2 aromatic carbocycles. The predicted molar refractivity (Wildman–Crippen MR) is 114 cm³/mol. The van der Waals surface area contributed by atoms with E-state index in [1.54, 1.807) is 0 Å². The van der Waals surface area contributed by atoms with Crippen LogP contribution in [0.1, 0.15) is 6.42 Å². The van der Waals surface area contributed by atoms with Crippen LogP contribution in [0.5, 0.6) is 0 Å². The zero-order chi connectivity index (χ0) is 23.1. The quantitative estimate of drug-likeness (QED) is 0.553. The third-order valence-corrected chi connectivity index (χ3v) is 9.02. The van der Waals surface area contributed by atoms with Crippen LogP contribution in [-0.4, -0.2) is 61.6 Å². The Morgan fingerprint density at radius 1 is 0.750 bits per heavy atom. The van der Waals surface area contributed by atoms with E-state index in [4.69, 9.17) is 0 Å². The number of halogens is 1. The van der Waals surface area contributed by atoms with E-state index in [9.17, 15) is 30.8 Å². The Morgan fingerprint density at radius 2 is 1.31 bits per heavy atom. The molecule has 3 aromatic rings. The molecule has 1 aromatic heterocycles. The Balaban J connectivity index is 1.60. The maximum absolute atomic E-state index is 13.2. The third kappa shape index (κ3) is 4.11. The lowest BCUT2D eigenvalue weighted by atomic mass is 10.2. The van der Waals surface area contributed by atoms with Gasteiger partial charge in [0.2, 0.25) is 20.0 Å². The average molecular weight is 483 g/mol. The molecule has 4 rings (SSSR count). The molecular formula is C19H19FN4O6S2. The van der Waals surface area contributed by atoms with E-state index in [0.29, 0.717) is 0 Å². The van der Waals surface area contributed by atoms with Gasteiger partial charge < -0.3 is 4.98 Å². The monoisotopic (exact) mass is 482 g/mol. The molecule has 0 atom stereocenters. The van der Waals surface area contributed by atoms with Gasteiger partial charge in [0.1, 0.15) is 5.82 Å². The number of H-pyrrole nitrogens is 2. The number of fused-ring (bicyclic) bond motifs is 1. The standard InChI is InChI=1S/C19H19FN4O6S2/c20-13-2-4-14(5-3-13)31(27,28)23-8-1-9-24(11-10-23)32(29,30)15-6-7-17-16(12-15)18(25)22-19(26)21-17/h2-7,12H,1,8-11H2,(H2,21,22,25,26). The zero-order valence-corrected chi connectivity index (χ0v) is 18.2. The molecule has 1 aliphatic heterocycles. The number of nitrogens with one attached hydrogen (secondary N) is 2. The topological polar surface area (TPSA) is 140 Å². The van der Waals surface area contributed by atoms with Crippen molar-refractivity contribution in [2.75, 3.05) is 26.2 Å². The molecule has 1 aliphatic rings. The molecule has 10 nitrogen and oxygen atoms in total. The second-order valence-electron chi connectivity index (χ2n) is 7.23. The molecule has 0 saturated carbocycles. The third-order valence-electron chi connectivity index (χ3n) is 5.21. The first-order chi connectivity index (χ1) is 15.1. The fourth-order valence-corrected chi connectivity index (χ4v) is 6.53. The van der Waals surface area contributed by atoms with Crippen molar-refractivity contribution in [2.24, 2.45) is 0 Å². The Hall–Kier alpha value is -2.87. The van der Waals surface area contributed by atoms with Gasteiger partial charge in [0.25, 0.3) is 5.56 Å². The zero-order valence-electron chi connectivity index (χ0n) is 16.6. The minimum absolute atomic E-state index is 0.0148. The number of aromatic nitrogens is 2. The van der Waals surface area contributed by atoms with Gasteiger partial charge in [-0.25, -0.2) is 26.0 Å². The largest absolute Gasteiger partial charge is 0.326 e. The summed E-state index contributed by atoms with van der Waals surface area (Å²) in [5, 5.41) is 0.0148. The van der Waals surface area contributed by atoms with Crippen LogP contribution in [0.4, 0.5) is 4.39 Å². The summed E-state index contributed by atoms with van der Waals surface area (Å²) in [5.74, 6) is -0.560. The minimum Gasteiger partial charge on any atom is -0.307 e. The maximum Gasteiger partial charge on any atom is 0.326 e. The number of aromatic amines is 2. The second kappa shape index (κ2) is 8.24. The molecule has 13 heteroatoms. The summed E-state index contributed by atoms with van der Waals surface area (Å²) in [4.78, 5) is 27.7. The van der Waals surface area contributed by atoms with Crippen molar-refractivity contribution in [2.45, 2.75) is 16.2 Å². The Labute approximate surface area is 182 Å². The highest BCUT2D eigenvalue weighted by atomic mass is 32.2. The van der Waals surface area contributed by atoms with E-state index in [0.717, 1.165) is 16.4 Å².